The van der Waals surface area contributed by atoms with E-state index in [1.165, 1.54) is 0 Å². The second-order valence-electron chi connectivity index (χ2n) is 4.36. The number of hydrogen-bond donors (Lipinski definition) is 2. The van der Waals surface area contributed by atoms with Gasteiger partial charge in [-0.05, 0) is 47.7 Å². The molecule has 94 valence electrons. The largest absolute Gasteiger partial charge is 0.508 e. The molecule has 0 saturated heterocycles. The first-order valence-corrected chi connectivity index (χ1v) is 6.30. The van der Waals surface area contributed by atoms with Gasteiger partial charge in [-0.15, -0.1) is 0 Å². The molecule has 0 saturated carbocycles. The Kier molecular flexibility index (Phi) is 3.56. The zero-order valence-electron chi connectivity index (χ0n) is 10.8. The zero-order chi connectivity index (χ0) is 13.1. The van der Waals surface area contributed by atoms with Crippen LogP contribution >= 0.6 is 0 Å². The Hall–Kier alpha value is -1.96. The Morgan fingerprint density at radius 3 is 2.28 bits per heavy atom. The van der Waals surface area contributed by atoms with Gasteiger partial charge in [0.05, 0.1) is 0 Å². The van der Waals surface area contributed by atoms with Gasteiger partial charge in [-0.2, -0.15) is 0 Å². The molecule has 0 heterocycles. The van der Waals surface area contributed by atoms with Crippen molar-refractivity contribution in [2.45, 2.75) is 26.7 Å². The van der Waals surface area contributed by atoms with E-state index in [-0.39, 0.29) is 11.5 Å². The zero-order valence-corrected chi connectivity index (χ0v) is 10.8. The minimum absolute atomic E-state index is 0.229. The standard InChI is InChI=1S/C16H18O2/c1-3-11-8-9-13(17)10-14(11)16-12(4-2)6-5-7-15(16)18/h5-10,17-18H,3-4H2,1-2H3. The monoisotopic (exact) mass is 242 g/mol. The number of rotatable bonds is 3. The second-order valence-corrected chi connectivity index (χ2v) is 4.36. The van der Waals surface area contributed by atoms with Gasteiger partial charge in [-0.25, -0.2) is 0 Å². The fraction of sp³-hybridized carbons (Fsp3) is 0.250. The van der Waals surface area contributed by atoms with Crippen LogP contribution in [0.4, 0.5) is 0 Å². The van der Waals surface area contributed by atoms with Gasteiger partial charge in [0.2, 0.25) is 0 Å². The van der Waals surface area contributed by atoms with Crippen LogP contribution < -0.4 is 0 Å². The Labute approximate surface area is 108 Å². The molecular weight excluding hydrogens is 224 g/mol. The van der Waals surface area contributed by atoms with Crippen LogP contribution in [0.3, 0.4) is 0 Å². The summed E-state index contributed by atoms with van der Waals surface area (Å²) < 4.78 is 0. The normalized spacial score (nSPS) is 10.6. The molecule has 2 N–H and O–H groups in total. The molecule has 0 bridgehead atoms. The average molecular weight is 242 g/mol. The summed E-state index contributed by atoms with van der Waals surface area (Å²) in [5, 5.41) is 19.8. The summed E-state index contributed by atoms with van der Waals surface area (Å²) in [5.74, 6) is 0.502. The topological polar surface area (TPSA) is 40.5 Å². The minimum atomic E-state index is 0.229. The molecule has 0 aliphatic rings. The lowest BCUT2D eigenvalue weighted by Gasteiger charge is -2.14. The maximum Gasteiger partial charge on any atom is 0.123 e. The first kappa shape index (κ1) is 12.5. The predicted molar refractivity (Wildman–Crippen MR) is 74.0 cm³/mol. The summed E-state index contributed by atoms with van der Waals surface area (Å²) in [5.41, 5.74) is 3.99. The van der Waals surface area contributed by atoms with Crippen LogP contribution in [0.1, 0.15) is 25.0 Å². The molecule has 0 amide bonds. The van der Waals surface area contributed by atoms with Crippen LogP contribution in [0.15, 0.2) is 36.4 Å². The molecule has 2 heteroatoms. The Morgan fingerprint density at radius 2 is 1.61 bits per heavy atom. The van der Waals surface area contributed by atoms with Crippen molar-refractivity contribution in [3.05, 3.63) is 47.5 Å². The van der Waals surface area contributed by atoms with Gasteiger partial charge >= 0.3 is 0 Å². The maximum atomic E-state index is 10.1. The summed E-state index contributed by atoms with van der Waals surface area (Å²) in [4.78, 5) is 0. The fourth-order valence-corrected chi connectivity index (χ4v) is 2.30. The van der Waals surface area contributed by atoms with Gasteiger partial charge in [0.1, 0.15) is 11.5 Å². The van der Waals surface area contributed by atoms with Gasteiger partial charge in [-0.3, -0.25) is 0 Å². The molecule has 18 heavy (non-hydrogen) atoms. The van der Waals surface area contributed by atoms with Gasteiger partial charge in [0.25, 0.3) is 0 Å². The van der Waals surface area contributed by atoms with E-state index < -0.39 is 0 Å². The molecule has 0 aliphatic carbocycles. The third-order valence-electron chi connectivity index (χ3n) is 3.25. The Balaban J connectivity index is 2.71. The summed E-state index contributed by atoms with van der Waals surface area (Å²) in [6.45, 7) is 4.13. The summed E-state index contributed by atoms with van der Waals surface area (Å²) in [7, 11) is 0. The molecule has 2 aromatic rings. The Morgan fingerprint density at radius 1 is 0.889 bits per heavy atom. The van der Waals surface area contributed by atoms with Crippen LogP contribution in [0.5, 0.6) is 11.5 Å². The van der Waals surface area contributed by atoms with E-state index in [2.05, 4.69) is 13.8 Å². The predicted octanol–water partition coefficient (Wildman–Crippen LogP) is 3.89. The third-order valence-corrected chi connectivity index (χ3v) is 3.25. The van der Waals surface area contributed by atoms with E-state index in [4.69, 9.17) is 0 Å². The number of benzene rings is 2. The van der Waals surface area contributed by atoms with Crippen LogP contribution in [-0.2, 0) is 12.8 Å². The highest BCUT2D eigenvalue weighted by molar-refractivity contribution is 5.77. The summed E-state index contributed by atoms with van der Waals surface area (Å²) in [6.07, 6.45) is 1.72. The summed E-state index contributed by atoms with van der Waals surface area (Å²) in [6, 6.07) is 10.9. The van der Waals surface area contributed by atoms with Crippen molar-refractivity contribution in [3.8, 4) is 22.6 Å². The molecule has 0 radical (unpaired) electrons. The van der Waals surface area contributed by atoms with Crippen molar-refractivity contribution in [2.24, 2.45) is 0 Å². The lowest BCUT2D eigenvalue weighted by Crippen LogP contribution is -1.93. The molecular formula is C16H18O2. The van der Waals surface area contributed by atoms with Crippen LogP contribution in [0, 0.1) is 0 Å². The Bertz CT molecular complexity index is 559. The maximum absolute atomic E-state index is 10.1. The molecule has 0 aliphatic heterocycles. The van der Waals surface area contributed by atoms with Crippen molar-refractivity contribution < 1.29 is 10.2 Å². The molecule has 0 atom stereocenters. The van der Waals surface area contributed by atoms with Gasteiger partial charge in [0.15, 0.2) is 0 Å². The number of aryl methyl sites for hydroxylation is 2. The molecule has 0 fully saturated rings. The highest BCUT2D eigenvalue weighted by Crippen LogP contribution is 2.37. The van der Waals surface area contributed by atoms with Gasteiger partial charge in [0, 0.05) is 5.56 Å². The van der Waals surface area contributed by atoms with Crippen molar-refractivity contribution in [3.63, 3.8) is 0 Å². The van der Waals surface area contributed by atoms with E-state index in [0.717, 1.165) is 35.1 Å². The fourth-order valence-electron chi connectivity index (χ4n) is 2.30. The molecule has 2 rings (SSSR count). The molecule has 0 spiro atoms. The van der Waals surface area contributed by atoms with Gasteiger partial charge in [-0.1, -0.05) is 32.0 Å². The molecule has 2 nitrogen and oxygen atoms in total. The van der Waals surface area contributed by atoms with Crippen LogP contribution in [-0.4, -0.2) is 10.2 Å². The highest BCUT2D eigenvalue weighted by Gasteiger charge is 2.13. The quantitative estimate of drug-likeness (QED) is 0.857. The number of phenols is 2. The van der Waals surface area contributed by atoms with Crippen LogP contribution in [0.2, 0.25) is 0 Å². The van der Waals surface area contributed by atoms with Crippen LogP contribution in [0.25, 0.3) is 11.1 Å². The molecule has 2 aromatic carbocycles. The molecule has 0 unspecified atom stereocenters. The minimum Gasteiger partial charge on any atom is -0.508 e. The lowest BCUT2D eigenvalue weighted by molar-refractivity contribution is 0.473. The second kappa shape index (κ2) is 5.13. The van der Waals surface area contributed by atoms with Crippen molar-refractivity contribution in [1.82, 2.24) is 0 Å². The first-order valence-electron chi connectivity index (χ1n) is 6.30. The lowest BCUT2D eigenvalue weighted by atomic mass is 9.92. The van der Waals surface area contributed by atoms with E-state index in [1.807, 2.05) is 18.2 Å². The number of hydrogen-bond acceptors (Lipinski definition) is 2. The first-order chi connectivity index (χ1) is 8.67. The SMILES string of the molecule is CCc1ccc(O)cc1-c1c(O)cccc1CC. The van der Waals surface area contributed by atoms with E-state index >= 15 is 0 Å². The van der Waals surface area contributed by atoms with Crippen molar-refractivity contribution in [2.75, 3.05) is 0 Å². The number of aromatic hydroxyl groups is 2. The van der Waals surface area contributed by atoms with Crippen molar-refractivity contribution in [1.29, 1.82) is 0 Å². The average Bonchev–Trinajstić information content (AvgIpc) is 2.38. The summed E-state index contributed by atoms with van der Waals surface area (Å²) >= 11 is 0. The van der Waals surface area contributed by atoms with Gasteiger partial charge < -0.3 is 10.2 Å². The van der Waals surface area contributed by atoms with Crippen molar-refractivity contribution >= 4 is 0 Å². The number of phenolic OH excluding ortho intramolecular Hbond substituents is 2. The van der Waals surface area contributed by atoms with E-state index in [1.54, 1.807) is 18.2 Å². The van der Waals surface area contributed by atoms with E-state index in [9.17, 15) is 10.2 Å². The smallest absolute Gasteiger partial charge is 0.123 e. The highest BCUT2D eigenvalue weighted by atomic mass is 16.3. The third kappa shape index (κ3) is 2.19. The van der Waals surface area contributed by atoms with E-state index in [0.29, 0.717) is 0 Å². The molecule has 0 aromatic heterocycles.